The fourth-order valence-electron chi connectivity index (χ4n) is 2.49. The highest BCUT2D eigenvalue weighted by Gasteiger charge is 2.20. The van der Waals surface area contributed by atoms with Crippen LogP contribution in [0.25, 0.3) is 0 Å². The van der Waals surface area contributed by atoms with Gasteiger partial charge in [-0.2, -0.15) is 0 Å². The fraction of sp³-hybridized carbons (Fsp3) is 0.222. The van der Waals surface area contributed by atoms with E-state index >= 15 is 0 Å². The third kappa shape index (κ3) is 2.72. The molecule has 22 heavy (non-hydrogen) atoms. The van der Waals surface area contributed by atoms with Gasteiger partial charge in [-0.15, -0.1) is 0 Å². The Balaban J connectivity index is 0.000000131. The summed E-state index contributed by atoms with van der Waals surface area (Å²) in [5.41, 5.74) is 5.72. The molecule has 2 heterocycles. The summed E-state index contributed by atoms with van der Waals surface area (Å²) in [5.74, 6) is -0.385. The minimum Gasteiger partial charge on any atom is -0.457 e. The number of esters is 2. The van der Waals surface area contributed by atoms with Gasteiger partial charge < -0.3 is 9.47 Å². The highest BCUT2D eigenvalue weighted by Crippen LogP contribution is 2.21. The molecular formula is C18H16O4. The summed E-state index contributed by atoms with van der Waals surface area (Å²) >= 11 is 0. The molecule has 0 fully saturated rings. The Morgan fingerprint density at radius 3 is 2.09 bits per heavy atom. The maximum absolute atomic E-state index is 11.0. The molecule has 0 N–H and O–H groups in total. The van der Waals surface area contributed by atoms with Gasteiger partial charge in [0.2, 0.25) is 0 Å². The normalized spacial score (nSPS) is 14.5. The number of benzene rings is 2. The zero-order valence-corrected chi connectivity index (χ0v) is 12.5. The smallest absolute Gasteiger partial charge is 0.338 e. The standard InChI is InChI=1S/2C9H8O2/c1-6-2-3-8-7(4-6)5-11-9(8)10;1-6-2-3-7-5-11-9(10)8(7)4-6/h2*2-4H,5H2,1H3. The van der Waals surface area contributed by atoms with E-state index in [1.54, 1.807) is 0 Å². The van der Waals surface area contributed by atoms with Crippen LogP contribution < -0.4 is 0 Å². The third-order valence-corrected chi connectivity index (χ3v) is 3.68. The van der Waals surface area contributed by atoms with Crippen LogP contribution >= 0.6 is 0 Å². The molecule has 0 spiro atoms. The van der Waals surface area contributed by atoms with Crippen molar-refractivity contribution in [3.63, 3.8) is 0 Å². The number of fused-ring (bicyclic) bond motifs is 2. The molecule has 0 saturated heterocycles. The number of carbonyl (C=O) groups excluding carboxylic acids is 2. The van der Waals surface area contributed by atoms with Crippen molar-refractivity contribution in [2.24, 2.45) is 0 Å². The van der Waals surface area contributed by atoms with E-state index in [4.69, 9.17) is 9.47 Å². The molecule has 0 radical (unpaired) electrons. The van der Waals surface area contributed by atoms with Crippen molar-refractivity contribution < 1.29 is 19.1 Å². The summed E-state index contributed by atoms with van der Waals surface area (Å²) in [5, 5.41) is 0. The van der Waals surface area contributed by atoms with E-state index in [-0.39, 0.29) is 11.9 Å². The molecule has 0 saturated carbocycles. The number of hydrogen-bond acceptors (Lipinski definition) is 4. The van der Waals surface area contributed by atoms with Crippen LogP contribution in [0.15, 0.2) is 36.4 Å². The molecule has 2 aliphatic rings. The molecule has 4 heteroatoms. The van der Waals surface area contributed by atoms with Crippen molar-refractivity contribution in [2.75, 3.05) is 0 Å². The Bertz CT molecular complexity index is 762. The van der Waals surface area contributed by atoms with Crippen LogP contribution in [0.3, 0.4) is 0 Å². The van der Waals surface area contributed by atoms with Crippen LogP contribution in [0.4, 0.5) is 0 Å². The SMILES string of the molecule is Cc1ccc2c(c1)C(=O)OC2.Cc1ccc2c(c1)COC2=O. The molecule has 4 nitrogen and oxygen atoms in total. The first-order valence-electron chi connectivity index (χ1n) is 7.08. The molecule has 2 aromatic rings. The Labute approximate surface area is 128 Å². The summed E-state index contributed by atoms with van der Waals surface area (Å²) < 4.78 is 9.68. The second-order valence-corrected chi connectivity index (χ2v) is 5.47. The maximum Gasteiger partial charge on any atom is 0.338 e. The summed E-state index contributed by atoms with van der Waals surface area (Å²) in [6, 6.07) is 11.5. The molecular weight excluding hydrogens is 280 g/mol. The van der Waals surface area contributed by atoms with Crippen LogP contribution in [-0.2, 0) is 22.7 Å². The number of aryl methyl sites for hydroxylation is 2. The molecule has 0 aromatic heterocycles. The van der Waals surface area contributed by atoms with Gasteiger partial charge in [-0.25, -0.2) is 9.59 Å². The largest absolute Gasteiger partial charge is 0.457 e. The van der Waals surface area contributed by atoms with E-state index < -0.39 is 0 Å². The average molecular weight is 296 g/mol. The number of ether oxygens (including phenoxy) is 2. The van der Waals surface area contributed by atoms with E-state index in [0.29, 0.717) is 13.2 Å². The number of cyclic esters (lactones) is 2. The van der Waals surface area contributed by atoms with Gasteiger partial charge in [-0.1, -0.05) is 35.4 Å². The molecule has 2 aliphatic heterocycles. The lowest BCUT2D eigenvalue weighted by Crippen LogP contribution is -1.93. The molecule has 0 atom stereocenters. The third-order valence-electron chi connectivity index (χ3n) is 3.68. The first-order chi connectivity index (χ1) is 10.5. The second-order valence-electron chi connectivity index (χ2n) is 5.47. The van der Waals surface area contributed by atoms with Crippen molar-refractivity contribution in [1.82, 2.24) is 0 Å². The molecule has 112 valence electrons. The van der Waals surface area contributed by atoms with E-state index in [9.17, 15) is 9.59 Å². The Morgan fingerprint density at radius 1 is 0.727 bits per heavy atom. The van der Waals surface area contributed by atoms with Crippen LogP contribution in [-0.4, -0.2) is 11.9 Å². The van der Waals surface area contributed by atoms with Gasteiger partial charge in [0.25, 0.3) is 0 Å². The van der Waals surface area contributed by atoms with Crippen LogP contribution in [0, 0.1) is 13.8 Å². The zero-order chi connectivity index (χ0) is 15.7. The number of carbonyl (C=O) groups is 2. The Kier molecular flexibility index (Phi) is 3.67. The lowest BCUT2D eigenvalue weighted by molar-refractivity contribution is 0.0526. The van der Waals surface area contributed by atoms with E-state index in [2.05, 4.69) is 0 Å². The van der Waals surface area contributed by atoms with E-state index in [1.165, 1.54) is 5.56 Å². The molecule has 2 aromatic carbocycles. The lowest BCUT2D eigenvalue weighted by Gasteiger charge is -1.93. The molecule has 0 bridgehead atoms. The summed E-state index contributed by atoms with van der Waals surface area (Å²) in [6.07, 6.45) is 0. The molecule has 4 rings (SSSR count). The van der Waals surface area contributed by atoms with Gasteiger partial charge in [0.15, 0.2) is 0 Å². The predicted molar refractivity (Wildman–Crippen MR) is 80.6 cm³/mol. The predicted octanol–water partition coefficient (Wildman–Crippen LogP) is 3.33. The van der Waals surface area contributed by atoms with Gasteiger partial charge in [0.05, 0.1) is 11.1 Å². The zero-order valence-electron chi connectivity index (χ0n) is 12.5. The van der Waals surface area contributed by atoms with Crippen molar-refractivity contribution in [3.05, 3.63) is 69.8 Å². The average Bonchev–Trinajstić information content (AvgIpc) is 3.04. The summed E-state index contributed by atoms with van der Waals surface area (Å²) in [7, 11) is 0. The first-order valence-corrected chi connectivity index (χ1v) is 7.08. The lowest BCUT2D eigenvalue weighted by atomic mass is 10.1. The Hall–Kier alpha value is -2.62. The number of rotatable bonds is 0. The van der Waals surface area contributed by atoms with Crippen LogP contribution in [0.5, 0.6) is 0 Å². The van der Waals surface area contributed by atoms with Crippen LogP contribution in [0.1, 0.15) is 43.0 Å². The van der Waals surface area contributed by atoms with Gasteiger partial charge in [-0.3, -0.25) is 0 Å². The van der Waals surface area contributed by atoms with Crippen LogP contribution in [0.2, 0.25) is 0 Å². The van der Waals surface area contributed by atoms with Gasteiger partial charge in [-0.05, 0) is 26.0 Å². The molecule has 0 aliphatic carbocycles. The van der Waals surface area contributed by atoms with Crippen molar-refractivity contribution in [1.29, 1.82) is 0 Å². The topological polar surface area (TPSA) is 52.6 Å². The van der Waals surface area contributed by atoms with Crippen molar-refractivity contribution in [3.8, 4) is 0 Å². The fourth-order valence-corrected chi connectivity index (χ4v) is 2.49. The monoisotopic (exact) mass is 296 g/mol. The minimum absolute atomic E-state index is 0.191. The Morgan fingerprint density at radius 2 is 1.32 bits per heavy atom. The summed E-state index contributed by atoms with van der Waals surface area (Å²) in [6.45, 7) is 4.85. The second kappa shape index (κ2) is 5.64. The van der Waals surface area contributed by atoms with Gasteiger partial charge in [0, 0.05) is 11.1 Å². The quantitative estimate of drug-likeness (QED) is 0.700. The maximum atomic E-state index is 11.0. The van der Waals surface area contributed by atoms with Crippen molar-refractivity contribution in [2.45, 2.75) is 27.1 Å². The number of hydrogen-bond donors (Lipinski definition) is 0. The molecule has 0 amide bonds. The first kappa shape index (κ1) is 14.3. The summed E-state index contributed by atoms with van der Waals surface area (Å²) in [4.78, 5) is 22.0. The highest BCUT2D eigenvalue weighted by molar-refractivity contribution is 5.93. The van der Waals surface area contributed by atoms with Crippen molar-refractivity contribution >= 4 is 11.9 Å². The van der Waals surface area contributed by atoms with Gasteiger partial charge in [0.1, 0.15) is 13.2 Å². The highest BCUT2D eigenvalue weighted by atomic mass is 16.5. The van der Waals surface area contributed by atoms with E-state index in [1.807, 2.05) is 50.2 Å². The van der Waals surface area contributed by atoms with Gasteiger partial charge >= 0.3 is 11.9 Å². The molecule has 0 unspecified atom stereocenters. The minimum atomic E-state index is -0.194. The van der Waals surface area contributed by atoms with E-state index in [0.717, 1.165) is 27.8 Å².